The van der Waals surface area contributed by atoms with Gasteiger partial charge < -0.3 is 10.1 Å². The van der Waals surface area contributed by atoms with Crippen molar-refractivity contribution in [3.8, 4) is 0 Å². The number of ether oxygens (including phenoxy) is 1. The predicted octanol–water partition coefficient (Wildman–Crippen LogP) is 0.00460. The summed E-state index contributed by atoms with van der Waals surface area (Å²) in [6.45, 7) is 1.53. The molecule has 2 aliphatic heterocycles. The highest BCUT2D eigenvalue weighted by molar-refractivity contribution is 7.89. The van der Waals surface area contributed by atoms with E-state index in [0.29, 0.717) is 26.3 Å². The first-order valence-electron chi connectivity index (χ1n) is 9.80. The van der Waals surface area contributed by atoms with Gasteiger partial charge in [-0.15, -0.1) is 0 Å². The molecule has 30 heavy (non-hydrogen) atoms. The number of hydrogen-bond acceptors (Lipinski definition) is 6. The number of rotatable bonds is 7. The minimum absolute atomic E-state index is 0.00768. The largest absolute Gasteiger partial charge is 0.379 e. The first kappa shape index (κ1) is 23.1. The molecule has 0 aromatic heterocycles. The van der Waals surface area contributed by atoms with Gasteiger partial charge in [0.1, 0.15) is 10.7 Å². The van der Waals surface area contributed by atoms with Crippen LogP contribution in [0, 0.1) is 11.7 Å². The van der Waals surface area contributed by atoms with Crippen LogP contribution in [0.15, 0.2) is 29.2 Å². The van der Waals surface area contributed by atoms with Gasteiger partial charge in [-0.1, -0.05) is 12.1 Å². The average Bonchev–Trinajstić information content (AvgIpc) is 2.74. The van der Waals surface area contributed by atoms with E-state index in [1.165, 1.54) is 26.8 Å². The number of nitrogens with zero attached hydrogens (tertiary/aromatic N) is 2. The molecule has 2 fully saturated rings. The molecule has 0 radical (unpaired) electrons. The van der Waals surface area contributed by atoms with Crippen LogP contribution in [0.3, 0.4) is 0 Å². The molecule has 0 atom stereocenters. The molecule has 2 heterocycles. The Morgan fingerprint density at radius 3 is 2.30 bits per heavy atom. The van der Waals surface area contributed by atoms with Gasteiger partial charge in [0.2, 0.25) is 26.0 Å². The maximum Gasteiger partial charge on any atom is 0.245 e. The van der Waals surface area contributed by atoms with Crippen LogP contribution in [0.1, 0.15) is 12.8 Å². The van der Waals surface area contributed by atoms with E-state index >= 15 is 0 Å². The van der Waals surface area contributed by atoms with Crippen LogP contribution in [0.5, 0.6) is 0 Å². The number of carbonyl (C=O) groups is 1. The summed E-state index contributed by atoms with van der Waals surface area (Å²) < 4.78 is 71.4. The molecule has 3 rings (SSSR count). The number of benzene rings is 1. The second-order valence-electron chi connectivity index (χ2n) is 7.23. The van der Waals surface area contributed by atoms with Gasteiger partial charge in [0, 0.05) is 38.6 Å². The Bertz CT molecular complexity index is 956. The Kier molecular flexibility index (Phi) is 7.45. The average molecular weight is 464 g/mol. The predicted molar refractivity (Wildman–Crippen MR) is 107 cm³/mol. The van der Waals surface area contributed by atoms with Crippen molar-refractivity contribution in [2.75, 3.05) is 51.7 Å². The van der Waals surface area contributed by atoms with Crippen LogP contribution in [-0.4, -0.2) is 83.0 Å². The molecule has 168 valence electrons. The number of halogens is 1. The van der Waals surface area contributed by atoms with Crippen molar-refractivity contribution in [1.82, 2.24) is 13.9 Å². The third kappa shape index (κ3) is 5.35. The first-order valence-corrected chi connectivity index (χ1v) is 12.8. The molecule has 1 N–H and O–H groups in total. The van der Waals surface area contributed by atoms with E-state index in [0.717, 1.165) is 6.07 Å². The quantitative estimate of drug-likeness (QED) is 0.609. The Hall–Kier alpha value is -1.60. The van der Waals surface area contributed by atoms with Gasteiger partial charge in [-0.2, -0.15) is 8.61 Å². The zero-order valence-corrected chi connectivity index (χ0v) is 18.1. The fourth-order valence-corrected chi connectivity index (χ4v) is 6.41. The van der Waals surface area contributed by atoms with Crippen LogP contribution in [0.2, 0.25) is 0 Å². The van der Waals surface area contributed by atoms with E-state index in [1.807, 2.05) is 0 Å². The van der Waals surface area contributed by atoms with Gasteiger partial charge in [0.25, 0.3) is 0 Å². The highest BCUT2D eigenvalue weighted by atomic mass is 32.2. The lowest BCUT2D eigenvalue weighted by molar-refractivity contribution is -0.125. The number of piperidine rings is 1. The molecule has 2 aliphatic rings. The monoisotopic (exact) mass is 463 g/mol. The smallest absolute Gasteiger partial charge is 0.245 e. The van der Waals surface area contributed by atoms with E-state index in [4.69, 9.17) is 4.74 Å². The molecule has 0 spiro atoms. The molecule has 0 aliphatic carbocycles. The maximum absolute atomic E-state index is 13.9. The zero-order valence-electron chi connectivity index (χ0n) is 16.5. The zero-order chi connectivity index (χ0) is 21.8. The van der Waals surface area contributed by atoms with Crippen LogP contribution < -0.4 is 5.32 Å². The Labute approximate surface area is 176 Å². The van der Waals surface area contributed by atoms with Gasteiger partial charge in [-0.3, -0.25) is 4.79 Å². The summed E-state index contributed by atoms with van der Waals surface area (Å²) in [5.41, 5.74) is 0. The molecule has 0 saturated carbocycles. The first-order chi connectivity index (χ1) is 14.2. The van der Waals surface area contributed by atoms with Crippen LogP contribution in [-0.2, 0) is 29.6 Å². The highest BCUT2D eigenvalue weighted by Gasteiger charge is 2.33. The third-order valence-corrected chi connectivity index (χ3v) is 9.11. The van der Waals surface area contributed by atoms with Gasteiger partial charge in [0.15, 0.2) is 0 Å². The summed E-state index contributed by atoms with van der Waals surface area (Å²) in [4.78, 5) is 12.0. The molecule has 1 aromatic carbocycles. The standard InChI is InChI=1S/C18H26FN3O6S2/c19-16-3-1-2-4-17(16)30(26,27)22-8-5-15(6-9-22)18(23)20-7-14-29(24,25)21-10-12-28-13-11-21/h1-4,15H,5-14H2,(H,20,23). The normalized spacial score (nSPS) is 20.2. The molecule has 0 unspecified atom stereocenters. The number of hydrogen-bond donors (Lipinski definition) is 1. The second-order valence-corrected chi connectivity index (χ2v) is 11.2. The van der Waals surface area contributed by atoms with Gasteiger partial charge in [-0.25, -0.2) is 21.2 Å². The topological polar surface area (TPSA) is 113 Å². The summed E-state index contributed by atoms with van der Waals surface area (Å²) in [6.07, 6.45) is 0.575. The van der Waals surface area contributed by atoms with Crippen molar-refractivity contribution in [2.45, 2.75) is 17.7 Å². The minimum atomic E-state index is -3.96. The molecule has 2 saturated heterocycles. The Morgan fingerprint density at radius 1 is 1.03 bits per heavy atom. The lowest BCUT2D eigenvalue weighted by atomic mass is 9.97. The fourth-order valence-electron chi connectivity index (χ4n) is 3.55. The van der Waals surface area contributed by atoms with E-state index in [1.54, 1.807) is 0 Å². The molecule has 1 amide bonds. The molecule has 0 bridgehead atoms. The van der Waals surface area contributed by atoms with Crippen molar-refractivity contribution in [3.05, 3.63) is 30.1 Å². The lowest BCUT2D eigenvalue weighted by Crippen LogP contribution is -2.46. The lowest BCUT2D eigenvalue weighted by Gasteiger charge is -2.30. The van der Waals surface area contributed by atoms with Crippen molar-refractivity contribution in [1.29, 1.82) is 0 Å². The fraction of sp³-hybridized carbons (Fsp3) is 0.611. The maximum atomic E-state index is 13.9. The minimum Gasteiger partial charge on any atom is -0.379 e. The number of sulfonamides is 2. The van der Waals surface area contributed by atoms with Crippen molar-refractivity contribution in [3.63, 3.8) is 0 Å². The van der Waals surface area contributed by atoms with Crippen LogP contribution >= 0.6 is 0 Å². The van der Waals surface area contributed by atoms with Gasteiger partial charge in [-0.05, 0) is 25.0 Å². The molecule has 12 heteroatoms. The number of amides is 1. The van der Waals surface area contributed by atoms with E-state index in [-0.39, 0.29) is 49.0 Å². The highest BCUT2D eigenvalue weighted by Crippen LogP contribution is 2.25. The Balaban J connectivity index is 1.48. The van der Waals surface area contributed by atoms with E-state index in [2.05, 4.69) is 5.32 Å². The number of carbonyl (C=O) groups excluding carboxylic acids is 1. The van der Waals surface area contributed by atoms with Crippen molar-refractivity contribution >= 4 is 26.0 Å². The van der Waals surface area contributed by atoms with Crippen molar-refractivity contribution < 1.29 is 30.8 Å². The van der Waals surface area contributed by atoms with E-state index < -0.39 is 31.8 Å². The second kappa shape index (κ2) is 9.69. The molecular weight excluding hydrogens is 437 g/mol. The summed E-state index contributed by atoms with van der Waals surface area (Å²) in [6, 6.07) is 5.20. The molecular formula is C18H26FN3O6S2. The SMILES string of the molecule is O=C(NCCS(=O)(=O)N1CCOCC1)C1CCN(S(=O)(=O)c2ccccc2F)CC1. The summed E-state index contributed by atoms with van der Waals surface area (Å²) >= 11 is 0. The Morgan fingerprint density at radius 2 is 1.67 bits per heavy atom. The van der Waals surface area contributed by atoms with Crippen molar-refractivity contribution in [2.24, 2.45) is 5.92 Å². The summed E-state index contributed by atoms with van der Waals surface area (Å²) in [7, 11) is -7.42. The van der Waals surface area contributed by atoms with Gasteiger partial charge >= 0.3 is 0 Å². The molecule has 9 nitrogen and oxygen atoms in total. The summed E-state index contributed by atoms with van der Waals surface area (Å²) in [5, 5.41) is 2.64. The number of morpholine rings is 1. The van der Waals surface area contributed by atoms with Crippen LogP contribution in [0.25, 0.3) is 0 Å². The van der Waals surface area contributed by atoms with E-state index in [9.17, 15) is 26.0 Å². The number of nitrogens with one attached hydrogen (secondary N) is 1. The van der Waals surface area contributed by atoms with Gasteiger partial charge in [0.05, 0.1) is 19.0 Å². The molecule has 1 aromatic rings. The summed E-state index contributed by atoms with van der Waals surface area (Å²) in [5.74, 6) is -1.71. The third-order valence-electron chi connectivity index (χ3n) is 5.30. The van der Waals surface area contributed by atoms with Crippen LogP contribution in [0.4, 0.5) is 4.39 Å².